The molecule has 0 spiro atoms. The van der Waals surface area contributed by atoms with Crippen LogP contribution in [0, 0.1) is 0 Å². The second-order valence-corrected chi connectivity index (χ2v) is 20.8. The molecule has 0 N–H and O–H groups in total. The number of benzene rings is 11. The van der Waals surface area contributed by atoms with Crippen molar-refractivity contribution in [3.05, 3.63) is 317 Å². The highest BCUT2D eigenvalue weighted by Gasteiger charge is 2.48. The van der Waals surface area contributed by atoms with Crippen molar-refractivity contribution in [1.82, 2.24) is 0 Å². The molecule has 1 atom stereocenters. The van der Waals surface area contributed by atoms with Crippen LogP contribution in [0.5, 0.6) is 0 Å². The van der Waals surface area contributed by atoms with Crippen molar-refractivity contribution in [3.8, 4) is 55.6 Å². The average molecular weight is 932 g/mol. The molecule has 0 bridgehead atoms. The molecule has 0 aliphatic heterocycles. The number of anilines is 3. The molecule has 0 radical (unpaired) electrons. The van der Waals surface area contributed by atoms with E-state index in [1.807, 2.05) is 0 Å². The SMILES string of the molecule is CC1(C)c2ccccc2-c2cccc(-c3ccccc3N(c3ccc(-c4ccc5c(c4)C(C)(c4ccccc4)c4ccccc4-5)cc3)c3cccc4c3-c3ccccc3C4(c3ccccc3)c3ccccc3)c21. The third-order valence-electron chi connectivity index (χ3n) is 16.8. The highest BCUT2D eigenvalue weighted by atomic mass is 15.1. The number of hydrogen-bond acceptors (Lipinski definition) is 1. The van der Waals surface area contributed by atoms with Gasteiger partial charge < -0.3 is 4.90 Å². The normalized spacial score (nSPS) is 15.9. The summed E-state index contributed by atoms with van der Waals surface area (Å²) in [7, 11) is 0. The Kier molecular flexibility index (Phi) is 9.66. The Morgan fingerprint density at radius 3 is 1.41 bits per heavy atom. The summed E-state index contributed by atoms with van der Waals surface area (Å²) < 4.78 is 0. The summed E-state index contributed by atoms with van der Waals surface area (Å²) >= 11 is 0. The first-order chi connectivity index (χ1) is 35.9. The molecule has 3 aliphatic rings. The predicted molar refractivity (Wildman–Crippen MR) is 304 cm³/mol. The maximum atomic E-state index is 2.56. The number of nitrogens with zero attached hydrogens (tertiary/aromatic N) is 1. The van der Waals surface area contributed by atoms with E-state index >= 15 is 0 Å². The van der Waals surface area contributed by atoms with E-state index in [2.05, 4.69) is 293 Å². The van der Waals surface area contributed by atoms with E-state index in [1.165, 1.54) is 106 Å². The molecular formula is C72H53N. The molecule has 0 aromatic heterocycles. The lowest BCUT2D eigenvalue weighted by Crippen LogP contribution is -2.28. The van der Waals surface area contributed by atoms with Gasteiger partial charge in [-0.1, -0.05) is 250 Å². The second-order valence-electron chi connectivity index (χ2n) is 20.8. The quantitative estimate of drug-likeness (QED) is 0.147. The molecular weight excluding hydrogens is 879 g/mol. The predicted octanol–water partition coefficient (Wildman–Crippen LogP) is 18.5. The van der Waals surface area contributed by atoms with Crippen molar-refractivity contribution in [2.24, 2.45) is 0 Å². The van der Waals surface area contributed by atoms with Gasteiger partial charge in [0.2, 0.25) is 0 Å². The minimum atomic E-state index is -0.545. The van der Waals surface area contributed by atoms with E-state index in [0.29, 0.717) is 0 Å². The van der Waals surface area contributed by atoms with Gasteiger partial charge in [-0.05, 0) is 132 Å². The van der Waals surface area contributed by atoms with Crippen molar-refractivity contribution >= 4 is 17.1 Å². The fourth-order valence-corrected chi connectivity index (χ4v) is 13.6. The van der Waals surface area contributed by atoms with Gasteiger partial charge in [0, 0.05) is 27.6 Å². The highest BCUT2D eigenvalue weighted by molar-refractivity contribution is 6.01. The first-order valence-electron chi connectivity index (χ1n) is 25.8. The fraction of sp³-hybridized carbons (Fsp3) is 0.0833. The monoisotopic (exact) mass is 931 g/mol. The first-order valence-corrected chi connectivity index (χ1v) is 25.8. The number of para-hydroxylation sites is 1. The van der Waals surface area contributed by atoms with E-state index in [-0.39, 0.29) is 10.8 Å². The lowest BCUT2D eigenvalue weighted by molar-refractivity contribution is 0.662. The molecule has 346 valence electrons. The van der Waals surface area contributed by atoms with Gasteiger partial charge in [0.05, 0.1) is 16.8 Å². The van der Waals surface area contributed by atoms with E-state index in [4.69, 9.17) is 0 Å². The van der Waals surface area contributed by atoms with Gasteiger partial charge in [-0.3, -0.25) is 0 Å². The highest BCUT2D eigenvalue weighted by Crippen LogP contribution is 2.61. The van der Waals surface area contributed by atoms with Gasteiger partial charge in [-0.2, -0.15) is 0 Å². The fourth-order valence-electron chi connectivity index (χ4n) is 13.6. The Balaban J connectivity index is 0.993. The zero-order valence-corrected chi connectivity index (χ0v) is 41.4. The third kappa shape index (κ3) is 6.15. The molecule has 0 saturated carbocycles. The Bertz CT molecular complexity index is 3900. The zero-order chi connectivity index (χ0) is 48.9. The molecule has 0 amide bonds. The standard InChI is InChI=1S/C72H53N/c1-70(2)61-35-17-13-30-55(61)58-33-21-34-59(69(58)70)57-31-16-20-39-66(57)73(67-40-22-38-64-68(67)60-32-15-19-37-63(60)72(64,51-25-9-5-10-26-51)52-27-11-6-12-28-52)53-44-41-48(42-45-53)49-43-46-56-54-29-14-18-36-62(54)71(3,65(56)47-49)50-23-7-4-8-24-50/h4-47H,1-3H3. The van der Waals surface area contributed by atoms with Crippen LogP contribution in [0.4, 0.5) is 17.1 Å². The van der Waals surface area contributed by atoms with E-state index in [9.17, 15) is 0 Å². The molecule has 3 aliphatic carbocycles. The van der Waals surface area contributed by atoms with Crippen molar-refractivity contribution < 1.29 is 0 Å². The summed E-state index contributed by atoms with van der Waals surface area (Å²) in [4.78, 5) is 2.56. The van der Waals surface area contributed by atoms with Gasteiger partial charge in [-0.15, -0.1) is 0 Å². The van der Waals surface area contributed by atoms with Crippen molar-refractivity contribution in [2.45, 2.75) is 37.0 Å². The zero-order valence-electron chi connectivity index (χ0n) is 41.4. The van der Waals surface area contributed by atoms with Crippen LogP contribution in [0.2, 0.25) is 0 Å². The maximum absolute atomic E-state index is 2.56. The maximum Gasteiger partial charge on any atom is 0.0714 e. The van der Waals surface area contributed by atoms with E-state index in [1.54, 1.807) is 0 Å². The molecule has 11 aromatic rings. The summed E-state index contributed by atoms with van der Waals surface area (Å²) in [5.41, 5.74) is 26.8. The molecule has 1 heteroatoms. The summed E-state index contributed by atoms with van der Waals surface area (Å²) in [5, 5.41) is 0. The van der Waals surface area contributed by atoms with E-state index < -0.39 is 5.41 Å². The second kappa shape index (κ2) is 16.4. The summed E-state index contributed by atoms with van der Waals surface area (Å²) in [6.45, 7) is 7.19. The van der Waals surface area contributed by atoms with Crippen LogP contribution < -0.4 is 4.90 Å². The number of fused-ring (bicyclic) bond motifs is 9. The number of rotatable bonds is 8. The van der Waals surface area contributed by atoms with Gasteiger partial charge in [0.25, 0.3) is 0 Å². The molecule has 0 fully saturated rings. The molecule has 0 saturated heterocycles. The smallest absolute Gasteiger partial charge is 0.0714 e. The topological polar surface area (TPSA) is 3.24 Å². The minimum Gasteiger partial charge on any atom is -0.309 e. The molecule has 14 rings (SSSR count). The van der Waals surface area contributed by atoms with E-state index in [0.717, 1.165) is 17.1 Å². The third-order valence-corrected chi connectivity index (χ3v) is 16.8. The Labute approximate surface area is 429 Å². The van der Waals surface area contributed by atoms with Gasteiger partial charge in [0.15, 0.2) is 0 Å². The molecule has 11 aromatic carbocycles. The summed E-state index contributed by atoms with van der Waals surface area (Å²) in [5.74, 6) is 0. The largest absolute Gasteiger partial charge is 0.309 e. The summed E-state index contributed by atoms with van der Waals surface area (Å²) in [6.07, 6.45) is 0. The first kappa shape index (κ1) is 43.0. The van der Waals surface area contributed by atoms with Crippen LogP contribution in [0.1, 0.15) is 70.8 Å². The van der Waals surface area contributed by atoms with Crippen LogP contribution in [-0.4, -0.2) is 0 Å². The van der Waals surface area contributed by atoms with Gasteiger partial charge in [0.1, 0.15) is 0 Å². The Morgan fingerprint density at radius 1 is 0.288 bits per heavy atom. The number of hydrogen-bond donors (Lipinski definition) is 0. The Morgan fingerprint density at radius 2 is 0.740 bits per heavy atom. The average Bonchev–Trinajstić information content (AvgIpc) is 4.01. The lowest BCUT2D eigenvalue weighted by Gasteiger charge is -2.35. The minimum absolute atomic E-state index is 0.201. The van der Waals surface area contributed by atoms with Crippen molar-refractivity contribution in [3.63, 3.8) is 0 Å². The summed E-state index contributed by atoms with van der Waals surface area (Å²) in [6, 6.07) is 99.9. The van der Waals surface area contributed by atoms with Crippen LogP contribution in [0.15, 0.2) is 267 Å². The van der Waals surface area contributed by atoms with Gasteiger partial charge >= 0.3 is 0 Å². The molecule has 1 nitrogen and oxygen atoms in total. The van der Waals surface area contributed by atoms with Crippen LogP contribution in [0.25, 0.3) is 55.6 Å². The molecule has 1 unspecified atom stereocenters. The van der Waals surface area contributed by atoms with Crippen LogP contribution in [-0.2, 0) is 16.2 Å². The van der Waals surface area contributed by atoms with Crippen LogP contribution >= 0.6 is 0 Å². The lowest BCUT2D eigenvalue weighted by atomic mass is 9.68. The Hall–Kier alpha value is -8.78. The molecule has 0 heterocycles. The van der Waals surface area contributed by atoms with Crippen molar-refractivity contribution in [1.29, 1.82) is 0 Å². The van der Waals surface area contributed by atoms with Gasteiger partial charge in [-0.25, -0.2) is 0 Å². The van der Waals surface area contributed by atoms with Crippen LogP contribution in [0.3, 0.4) is 0 Å². The van der Waals surface area contributed by atoms with Crippen molar-refractivity contribution in [2.75, 3.05) is 4.90 Å². The molecule has 73 heavy (non-hydrogen) atoms.